The molecular formula is C29H35N3O4S. The van der Waals surface area contributed by atoms with Crippen LogP contribution in [-0.4, -0.2) is 44.3 Å². The zero-order valence-electron chi connectivity index (χ0n) is 21.8. The minimum atomic E-state index is -4.07. The van der Waals surface area contributed by atoms with Crippen LogP contribution in [0.5, 0.6) is 0 Å². The second kappa shape index (κ2) is 12.5. The van der Waals surface area contributed by atoms with E-state index >= 15 is 0 Å². The molecule has 196 valence electrons. The number of aryl methyl sites for hydroxylation is 2. The van der Waals surface area contributed by atoms with Gasteiger partial charge < -0.3 is 10.2 Å². The Bertz CT molecular complexity index is 1310. The number of amides is 2. The largest absolute Gasteiger partial charge is 0.354 e. The first-order valence-electron chi connectivity index (χ1n) is 12.4. The van der Waals surface area contributed by atoms with E-state index in [4.69, 9.17) is 0 Å². The summed E-state index contributed by atoms with van der Waals surface area (Å²) < 4.78 is 28.8. The summed E-state index contributed by atoms with van der Waals surface area (Å²) in [6.45, 7) is 7.53. The fourth-order valence-corrected chi connectivity index (χ4v) is 5.47. The van der Waals surface area contributed by atoms with E-state index in [0.29, 0.717) is 12.2 Å². The van der Waals surface area contributed by atoms with E-state index in [1.54, 1.807) is 31.2 Å². The normalized spacial score (nSPS) is 12.0. The summed E-state index contributed by atoms with van der Waals surface area (Å²) in [6, 6.07) is 22.1. The lowest BCUT2D eigenvalue weighted by Gasteiger charge is -2.32. The fourth-order valence-electron chi connectivity index (χ4n) is 3.98. The first-order valence-corrected chi connectivity index (χ1v) is 13.8. The second-order valence-electron chi connectivity index (χ2n) is 9.09. The van der Waals surface area contributed by atoms with Gasteiger partial charge in [0.25, 0.3) is 10.0 Å². The summed E-state index contributed by atoms with van der Waals surface area (Å²) in [6.07, 6.45) is 0.765. The van der Waals surface area contributed by atoms with Crippen LogP contribution in [0.1, 0.15) is 37.0 Å². The standard InChI is InChI=1S/C29H35N3O4S/c1-5-18-30-29(34)24(4)31(20-25-12-8-6-9-13-25)28(33)21-32(27-19-22(2)16-17-23(27)3)37(35,36)26-14-10-7-11-15-26/h6-17,19,24H,5,18,20-21H2,1-4H3,(H,30,34)/t24-/m1/s1. The zero-order chi connectivity index (χ0) is 27.0. The van der Waals surface area contributed by atoms with Crippen LogP contribution in [0, 0.1) is 13.8 Å². The zero-order valence-corrected chi connectivity index (χ0v) is 22.7. The molecule has 0 saturated heterocycles. The van der Waals surface area contributed by atoms with Crippen LogP contribution in [0.4, 0.5) is 5.69 Å². The molecule has 3 rings (SSSR count). The number of hydrogen-bond acceptors (Lipinski definition) is 4. The molecule has 0 aliphatic rings. The van der Waals surface area contributed by atoms with E-state index in [-0.39, 0.29) is 17.3 Å². The molecule has 3 aromatic carbocycles. The van der Waals surface area contributed by atoms with Crippen molar-refractivity contribution in [3.8, 4) is 0 Å². The highest BCUT2D eigenvalue weighted by Gasteiger charge is 2.33. The van der Waals surface area contributed by atoms with E-state index in [0.717, 1.165) is 27.4 Å². The maximum Gasteiger partial charge on any atom is 0.264 e. The van der Waals surface area contributed by atoms with E-state index in [9.17, 15) is 18.0 Å². The predicted octanol–water partition coefficient (Wildman–Crippen LogP) is 4.44. The number of anilines is 1. The van der Waals surface area contributed by atoms with E-state index in [1.165, 1.54) is 17.0 Å². The van der Waals surface area contributed by atoms with Crippen LogP contribution in [0.2, 0.25) is 0 Å². The summed E-state index contributed by atoms with van der Waals surface area (Å²) in [5.41, 5.74) is 2.87. The van der Waals surface area contributed by atoms with Gasteiger partial charge in [0.1, 0.15) is 12.6 Å². The van der Waals surface area contributed by atoms with Crippen molar-refractivity contribution in [2.24, 2.45) is 0 Å². The van der Waals surface area contributed by atoms with Crippen molar-refractivity contribution in [1.82, 2.24) is 10.2 Å². The lowest BCUT2D eigenvalue weighted by molar-refractivity contribution is -0.139. The molecule has 37 heavy (non-hydrogen) atoms. The Kier molecular flexibility index (Phi) is 9.47. The molecule has 3 aromatic rings. The maximum atomic E-state index is 13.9. The summed E-state index contributed by atoms with van der Waals surface area (Å²) in [5, 5.41) is 2.85. The highest BCUT2D eigenvalue weighted by atomic mass is 32.2. The van der Waals surface area contributed by atoms with Gasteiger partial charge in [-0.3, -0.25) is 13.9 Å². The Labute approximate surface area is 220 Å². The molecule has 7 nitrogen and oxygen atoms in total. The Morgan fingerprint density at radius 2 is 1.54 bits per heavy atom. The number of carbonyl (C=O) groups is 2. The average Bonchev–Trinajstić information content (AvgIpc) is 2.91. The molecule has 0 radical (unpaired) electrons. The van der Waals surface area contributed by atoms with Crippen molar-refractivity contribution < 1.29 is 18.0 Å². The third-order valence-corrected chi connectivity index (χ3v) is 7.93. The second-order valence-corrected chi connectivity index (χ2v) is 11.0. The summed E-state index contributed by atoms with van der Waals surface area (Å²) >= 11 is 0. The Morgan fingerprint density at radius 3 is 2.16 bits per heavy atom. The van der Waals surface area contributed by atoms with Crippen molar-refractivity contribution in [2.45, 2.75) is 51.6 Å². The Morgan fingerprint density at radius 1 is 0.919 bits per heavy atom. The molecule has 0 saturated carbocycles. The molecule has 0 unspecified atom stereocenters. The van der Waals surface area contributed by atoms with Gasteiger partial charge in [0.2, 0.25) is 11.8 Å². The number of nitrogens with zero attached hydrogens (tertiary/aromatic N) is 2. The molecule has 1 N–H and O–H groups in total. The quantitative estimate of drug-likeness (QED) is 0.404. The van der Waals surface area contributed by atoms with E-state index < -0.39 is 28.5 Å². The first kappa shape index (κ1) is 27.9. The third-order valence-electron chi connectivity index (χ3n) is 6.16. The molecule has 0 bridgehead atoms. The molecule has 0 fully saturated rings. The van der Waals surface area contributed by atoms with Crippen LogP contribution in [0.25, 0.3) is 0 Å². The summed E-state index contributed by atoms with van der Waals surface area (Å²) in [5.74, 6) is -0.751. The predicted molar refractivity (Wildman–Crippen MR) is 147 cm³/mol. The van der Waals surface area contributed by atoms with Gasteiger partial charge in [0.05, 0.1) is 10.6 Å². The van der Waals surface area contributed by atoms with Crippen LogP contribution >= 0.6 is 0 Å². The number of rotatable bonds is 11. The molecular weight excluding hydrogens is 486 g/mol. The minimum absolute atomic E-state index is 0.0899. The number of carbonyl (C=O) groups excluding carboxylic acids is 2. The van der Waals surface area contributed by atoms with Crippen molar-refractivity contribution in [3.05, 3.63) is 95.6 Å². The Hall–Kier alpha value is -3.65. The molecule has 2 amide bonds. The van der Waals surface area contributed by atoms with Crippen molar-refractivity contribution in [2.75, 3.05) is 17.4 Å². The third kappa shape index (κ3) is 6.98. The summed E-state index contributed by atoms with van der Waals surface area (Å²) in [4.78, 5) is 28.3. The smallest absolute Gasteiger partial charge is 0.264 e. The van der Waals surface area contributed by atoms with Gasteiger partial charge in [-0.2, -0.15) is 0 Å². The van der Waals surface area contributed by atoms with Crippen LogP contribution < -0.4 is 9.62 Å². The van der Waals surface area contributed by atoms with E-state index in [1.807, 2.05) is 63.2 Å². The van der Waals surface area contributed by atoms with Crippen LogP contribution in [-0.2, 0) is 26.2 Å². The topological polar surface area (TPSA) is 86.8 Å². The molecule has 0 heterocycles. The minimum Gasteiger partial charge on any atom is -0.354 e. The van der Waals surface area contributed by atoms with Crippen molar-refractivity contribution in [1.29, 1.82) is 0 Å². The monoisotopic (exact) mass is 521 g/mol. The lowest BCUT2D eigenvalue weighted by atomic mass is 10.1. The molecule has 0 aliphatic carbocycles. The number of nitrogens with one attached hydrogen (secondary N) is 1. The highest BCUT2D eigenvalue weighted by Crippen LogP contribution is 2.28. The number of benzene rings is 3. The molecule has 8 heteroatoms. The lowest BCUT2D eigenvalue weighted by Crippen LogP contribution is -2.51. The van der Waals surface area contributed by atoms with Crippen molar-refractivity contribution >= 4 is 27.5 Å². The van der Waals surface area contributed by atoms with Gasteiger partial charge in [0, 0.05) is 13.1 Å². The Balaban J connectivity index is 2.04. The van der Waals surface area contributed by atoms with Gasteiger partial charge in [-0.15, -0.1) is 0 Å². The number of sulfonamides is 1. The van der Waals surface area contributed by atoms with Crippen LogP contribution in [0.3, 0.4) is 0 Å². The van der Waals surface area contributed by atoms with Crippen molar-refractivity contribution in [3.63, 3.8) is 0 Å². The fraction of sp³-hybridized carbons (Fsp3) is 0.310. The van der Waals surface area contributed by atoms with Gasteiger partial charge in [-0.1, -0.05) is 67.6 Å². The molecule has 1 atom stereocenters. The maximum absolute atomic E-state index is 13.9. The first-order chi connectivity index (χ1) is 17.6. The van der Waals surface area contributed by atoms with Gasteiger partial charge in [-0.25, -0.2) is 8.42 Å². The highest BCUT2D eigenvalue weighted by molar-refractivity contribution is 7.92. The van der Waals surface area contributed by atoms with Crippen LogP contribution in [0.15, 0.2) is 83.8 Å². The molecule has 0 aliphatic heterocycles. The van der Waals surface area contributed by atoms with Gasteiger partial charge >= 0.3 is 0 Å². The molecule has 0 spiro atoms. The van der Waals surface area contributed by atoms with Gasteiger partial charge in [-0.05, 0) is 62.1 Å². The SMILES string of the molecule is CCCNC(=O)[C@@H](C)N(Cc1ccccc1)C(=O)CN(c1cc(C)ccc1C)S(=O)(=O)c1ccccc1. The van der Waals surface area contributed by atoms with E-state index in [2.05, 4.69) is 5.32 Å². The summed E-state index contributed by atoms with van der Waals surface area (Å²) in [7, 11) is -4.07. The average molecular weight is 522 g/mol. The molecule has 0 aromatic heterocycles. The van der Waals surface area contributed by atoms with Gasteiger partial charge in [0.15, 0.2) is 0 Å². The number of hydrogen-bond donors (Lipinski definition) is 1.